The van der Waals surface area contributed by atoms with Gasteiger partial charge >= 0.3 is 0 Å². The number of carbonyl (C=O) groups is 1. The van der Waals surface area contributed by atoms with Crippen molar-refractivity contribution in [2.24, 2.45) is 0 Å². The zero-order valence-electron chi connectivity index (χ0n) is 11.7. The second-order valence-corrected chi connectivity index (χ2v) is 4.76. The molecule has 1 N–H and O–H groups in total. The van der Waals surface area contributed by atoms with Crippen molar-refractivity contribution in [3.05, 3.63) is 17.5 Å². The molecule has 1 aromatic heterocycles. The van der Waals surface area contributed by atoms with Crippen molar-refractivity contribution >= 4 is 18.3 Å². The highest BCUT2D eigenvalue weighted by atomic mass is 35.5. The van der Waals surface area contributed by atoms with Gasteiger partial charge in [0.25, 0.3) is 5.91 Å². The monoisotopic (exact) mass is 286 g/mol. The number of hydrogen-bond donors (Lipinski definition) is 1. The van der Waals surface area contributed by atoms with Gasteiger partial charge < -0.3 is 10.2 Å². The Kier molecular flexibility index (Phi) is 6.31. The van der Waals surface area contributed by atoms with Gasteiger partial charge in [-0.05, 0) is 13.3 Å². The first-order valence-corrected chi connectivity index (χ1v) is 6.76. The van der Waals surface area contributed by atoms with Crippen LogP contribution in [0.15, 0.2) is 6.20 Å². The first kappa shape index (κ1) is 16.0. The molecule has 19 heavy (non-hydrogen) atoms. The normalized spacial score (nSPS) is 15.2. The number of halogens is 1. The fourth-order valence-corrected chi connectivity index (χ4v) is 2.23. The molecule has 0 unspecified atom stereocenters. The number of aromatic nitrogens is 2. The summed E-state index contributed by atoms with van der Waals surface area (Å²) in [5, 5.41) is 7.58. The molecule has 6 heteroatoms. The Balaban J connectivity index is 0.00000180. The van der Waals surface area contributed by atoms with E-state index in [-0.39, 0.29) is 18.3 Å². The maximum absolute atomic E-state index is 12.4. The molecular weight excluding hydrogens is 264 g/mol. The Morgan fingerprint density at radius 3 is 2.74 bits per heavy atom. The summed E-state index contributed by atoms with van der Waals surface area (Å²) in [4.78, 5) is 14.3. The van der Waals surface area contributed by atoms with Crippen LogP contribution in [-0.4, -0.2) is 46.8 Å². The van der Waals surface area contributed by atoms with Crippen molar-refractivity contribution in [2.45, 2.75) is 33.2 Å². The van der Waals surface area contributed by atoms with Crippen molar-refractivity contribution < 1.29 is 4.79 Å². The van der Waals surface area contributed by atoms with Crippen LogP contribution in [0.1, 0.15) is 35.8 Å². The summed E-state index contributed by atoms with van der Waals surface area (Å²) >= 11 is 0. The van der Waals surface area contributed by atoms with Crippen molar-refractivity contribution in [1.29, 1.82) is 0 Å². The molecule has 0 aliphatic carbocycles. The van der Waals surface area contributed by atoms with Gasteiger partial charge in [0.15, 0.2) is 0 Å². The lowest BCUT2D eigenvalue weighted by molar-refractivity contribution is 0.0735. The molecule has 108 valence electrons. The third-order valence-electron chi connectivity index (χ3n) is 3.46. The minimum absolute atomic E-state index is 0. The molecule has 5 nitrogen and oxygen atoms in total. The Morgan fingerprint density at radius 2 is 2.11 bits per heavy atom. The molecule has 0 saturated carbocycles. The minimum atomic E-state index is 0. The zero-order chi connectivity index (χ0) is 13.0. The Bertz CT molecular complexity index is 413. The van der Waals surface area contributed by atoms with E-state index in [0.29, 0.717) is 0 Å². The summed E-state index contributed by atoms with van der Waals surface area (Å²) in [6.07, 6.45) is 3.96. The fourth-order valence-electron chi connectivity index (χ4n) is 2.23. The quantitative estimate of drug-likeness (QED) is 0.912. The van der Waals surface area contributed by atoms with Crippen LogP contribution in [0.4, 0.5) is 0 Å². The highest BCUT2D eigenvalue weighted by Crippen LogP contribution is 2.12. The average Bonchev–Trinajstić information content (AvgIpc) is 2.78. The molecule has 0 radical (unpaired) electrons. The summed E-state index contributed by atoms with van der Waals surface area (Å²) in [6, 6.07) is 0. The van der Waals surface area contributed by atoms with Crippen molar-refractivity contribution in [3.63, 3.8) is 0 Å². The molecule has 2 rings (SSSR count). The molecule has 1 aliphatic heterocycles. The van der Waals surface area contributed by atoms with Crippen LogP contribution in [0.3, 0.4) is 0 Å². The number of hydrogen-bond acceptors (Lipinski definition) is 3. The van der Waals surface area contributed by atoms with E-state index >= 15 is 0 Å². The van der Waals surface area contributed by atoms with Gasteiger partial charge in [0.2, 0.25) is 0 Å². The van der Waals surface area contributed by atoms with Crippen molar-refractivity contribution in [3.8, 4) is 0 Å². The van der Waals surface area contributed by atoms with Crippen LogP contribution < -0.4 is 5.32 Å². The number of rotatable bonds is 4. The largest absolute Gasteiger partial charge is 0.336 e. The maximum atomic E-state index is 12.4. The van der Waals surface area contributed by atoms with Crippen molar-refractivity contribution in [2.75, 3.05) is 26.2 Å². The second kappa shape index (κ2) is 7.50. The summed E-state index contributed by atoms with van der Waals surface area (Å²) in [5.74, 6) is 0.122. The molecule has 1 aromatic rings. The van der Waals surface area contributed by atoms with Gasteiger partial charge in [0.05, 0.1) is 11.8 Å². The molecule has 2 heterocycles. The molecule has 1 fully saturated rings. The molecule has 0 atom stereocenters. The average molecular weight is 287 g/mol. The van der Waals surface area contributed by atoms with Gasteiger partial charge in [-0.2, -0.15) is 5.10 Å². The third-order valence-corrected chi connectivity index (χ3v) is 3.46. The van der Waals surface area contributed by atoms with E-state index in [9.17, 15) is 4.79 Å². The third kappa shape index (κ3) is 3.70. The van der Waals surface area contributed by atoms with Gasteiger partial charge in [0.1, 0.15) is 0 Å². The number of amides is 1. The maximum Gasteiger partial charge on any atom is 0.257 e. The number of carbonyl (C=O) groups excluding carboxylic acids is 1. The molecule has 0 spiro atoms. The standard InChI is InChI=1S/C13H22N4O.ClH/c1-3-4-7-17-11(2)12(10-15-17)13(18)16-8-5-14-6-9-16;/h10,14H,3-9H2,1-2H3;1H. The second-order valence-electron chi connectivity index (χ2n) is 4.76. The first-order valence-electron chi connectivity index (χ1n) is 6.76. The first-order chi connectivity index (χ1) is 8.74. The molecule has 1 aliphatic rings. The van der Waals surface area contributed by atoms with Gasteiger partial charge in [-0.25, -0.2) is 0 Å². The Morgan fingerprint density at radius 1 is 1.42 bits per heavy atom. The van der Waals surface area contributed by atoms with Gasteiger partial charge in [0, 0.05) is 38.4 Å². The highest BCUT2D eigenvalue weighted by Gasteiger charge is 2.21. The smallest absolute Gasteiger partial charge is 0.257 e. The van der Waals surface area contributed by atoms with E-state index in [1.807, 2.05) is 16.5 Å². The molecule has 0 bridgehead atoms. The lowest BCUT2D eigenvalue weighted by atomic mass is 10.2. The van der Waals surface area contributed by atoms with Crippen LogP contribution in [0, 0.1) is 6.92 Å². The summed E-state index contributed by atoms with van der Waals surface area (Å²) in [6.45, 7) is 8.39. The summed E-state index contributed by atoms with van der Waals surface area (Å²) in [5.41, 5.74) is 1.75. The minimum Gasteiger partial charge on any atom is -0.336 e. The van der Waals surface area contributed by atoms with E-state index in [1.54, 1.807) is 6.20 Å². The Hall–Kier alpha value is -1.07. The zero-order valence-corrected chi connectivity index (χ0v) is 12.5. The SMILES string of the molecule is CCCCn1ncc(C(=O)N2CCNCC2)c1C.Cl. The van der Waals surface area contributed by atoms with E-state index in [4.69, 9.17) is 0 Å². The van der Waals surface area contributed by atoms with Gasteiger partial charge in [-0.3, -0.25) is 9.48 Å². The fraction of sp³-hybridized carbons (Fsp3) is 0.692. The number of piperazine rings is 1. The number of nitrogens with zero attached hydrogens (tertiary/aromatic N) is 3. The predicted octanol–water partition coefficient (Wildman–Crippen LogP) is 1.46. The Labute approximate surface area is 120 Å². The summed E-state index contributed by atoms with van der Waals surface area (Å²) < 4.78 is 1.94. The van der Waals surface area contributed by atoms with E-state index < -0.39 is 0 Å². The van der Waals surface area contributed by atoms with Crippen LogP contribution in [-0.2, 0) is 6.54 Å². The van der Waals surface area contributed by atoms with Gasteiger partial charge in [-0.1, -0.05) is 13.3 Å². The number of unbranched alkanes of at least 4 members (excludes halogenated alkanes) is 1. The van der Waals surface area contributed by atoms with E-state index in [1.165, 1.54) is 0 Å². The van der Waals surface area contributed by atoms with Gasteiger partial charge in [-0.15, -0.1) is 12.4 Å². The number of nitrogens with one attached hydrogen (secondary N) is 1. The molecule has 1 saturated heterocycles. The molecule has 1 amide bonds. The van der Waals surface area contributed by atoms with Crippen LogP contribution in [0.2, 0.25) is 0 Å². The molecule has 0 aromatic carbocycles. The number of aryl methyl sites for hydroxylation is 1. The van der Waals surface area contributed by atoms with Crippen LogP contribution in [0.5, 0.6) is 0 Å². The highest BCUT2D eigenvalue weighted by molar-refractivity contribution is 5.95. The molecular formula is C13H23ClN4O. The van der Waals surface area contributed by atoms with E-state index in [2.05, 4.69) is 17.3 Å². The summed E-state index contributed by atoms with van der Waals surface area (Å²) in [7, 11) is 0. The lowest BCUT2D eigenvalue weighted by Crippen LogP contribution is -2.46. The van der Waals surface area contributed by atoms with E-state index in [0.717, 1.165) is 56.8 Å². The van der Waals surface area contributed by atoms with Crippen LogP contribution in [0.25, 0.3) is 0 Å². The lowest BCUT2D eigenvalue weighted by Gasteiger charge is -2.27. The predicted molar refractivity (Wildman–Crippen MR) is 77.9 cm³/mol. The van der Waals surface area contributed by atoms with Crippen molar-refractivity contribution in [1.82, 2.24) is 20.0 Å². The topological polar surface area (TPSA) is 50.2 Å². The van der Waals surface area contributed by atoms with Crippen LogP contribution >= 0.6 is 12.4 Å².